The van der Waals surface area contributed by atoms with E-state index in [9.17, 15) is 4.79 Å². The summed E-state index contributed by atoms with van der Waals surface area (Å²) in [6.07, 6.45) is 0.526. The summed E-state index contributed by atoms with van der Waals surface area (Å²) in [5, 5.41) is 0. The summed E-state index contributed by atoms with van der Waals surface area (Å²) in [6.45, 7) is 4.40. The Morgan fingerprint density at radius 3 is 2.45 bits per heavy atom. The maximum absolute atomic E-state index is 10.5. The predicted molar refractivity (Wildman–Crippen MR) is 51.4 cm³/mol. The van der Waals surface area contributed by atoms with E-state index in [0.29, 0.717) is 21.5 Å². The fraction of sp³-hybridized carbons (Fsp3) is 0.857. The lowest BCUT2D eigenvalue weighted by molar-refractivity contribution is -0.117. The van der Waals surface area contributed by atoms with Crippen LogP contribution >= 0.6 is 23.5 Å². The molecule has 11 heavy (non-hydrogen) atoms. The van der Waals surface area contributed by atoms with Gasteiger partial charge in [0.25, 0.3) is 0 Å². The van der Waals surface area contributed by atoms with Crippen LogP contribution in [0.4, 0.5) is 0 Å². The van der Waals surface area contributed by atoms with Crippen LogP contribution in [0.5, 0.6) is 0 Å². The van der Waals surface area contributed by atoms with Crippen LogP contribution in [0.2, 0.25) is 0 Å². The van der Waals surface area contributed by atoms with Crippen molar-refractivity contribution >= 4 is 29.4 Å². The first-order valence-corrected chi connectivity index (χ1v) is 5.57. The number of rotatable bonds is 3. The molecule has 1 fully saturated rings. The Morgan fingerprint density at radius 1 is 1.55 bits per heavy atom. The Balaban J connectivity index is 2.14. The van der Waals surface area contributed by atoms with Gasteiger partial charge >= 0.3 is 0 Å². The van der Waals surface area contributed by atoms with Gasteiger partial charge in [0.1, 0.15) is 0 Å². The largest absolute Gasteiger partial charge is 0.370 e. The van der Waals surface area contributed by atoms with E-state index in [-0.39, 0.29) is 5.91 Å². The minimum absolute atomic E-state index is 0.183. The number of primary amides is 1. The molecule has 0 saturated carbocycles. The second-order valence-corrected chi connectivity index (χ2v) is 6.28. The molecule has 1 amide bonds. The van der Waals surface area contributed by atoms with Crippen molar-refractivity contribution in [2.45, 2.75) is 29.4 Å². The molecule has 4 heteroatoms. The highest BCUT2D eigenvalue weighted by Crippen LogP contribution is 2.51. The molecular weight excluding hydrogens is 178 g/mol. The van der Waals surface area contributed by atoms with Crippen molar-refractivity contribution in [3.8, 4) is 0 Å². The van der Waals surface area contributed by atoms with Gasteiger partial charge in [0.05, 0.1) is 9.16 Å². The lowest BCUT2D eigenvalue weighted by Gasteiger charge is -2.35. The number of carbonyl (C=O) groups is 1. The third-order valence-corrected chi connectivity index (χ3v) is 5.38. The van der Waals surface area contributed by atoms with Gasteiger partial charge in [-0.2, -0.15) is 0 Å². The highest BCUT2D eigenvalue weighted by Gasteiger charge is 2.33. The van der Waals surface area contributed by atoms with Crippen LogP contribution in [0.1, 0.15) is 20.3 Å². The Bertz CT molecular complexity index is 155. The molecule has 64 valence electrons. The van der Waals surface area contributed by atoms with Crippen LogP contribution in [-0.2, 0) is 4.79 Å². The third kappa shape index (κ3) is 2.60. The zero-order chi connectivity index (χ0) is 8.43. The topological polar surface area (TPSA) is 43.1 Å². The number of nitrogens with two attached hydrogens (primary N) is 1. The summed E-state index contributed by atoms with van der Waals surface area (Å²) in [6, 6.07) is 0. The number of carbonyl (C=O) groups excluding carboxylic acids is 1. The quantitative estimate of drug-likeness (QED) is 0.737. The number of hydrogen-bond donors (Lipinski definition) is 1. The van der Waals surface area contributed by atoms with Crippen molar-refractivity contribution in [1.82, 2.24) is 0 Å². The molecule has 1 heterocycles. The number of thioether (sulfide) groups is 2. The van der Waals surface area contributed by atoms with Crippen molar-refractivity contribution in [3.05, 3.63) is 0 Å². The molecule has 0 spiro atoms. The van der Waals surface area contributed by atoms with Crippen LogP contribution in [0, 0.1) is 5.92 Å². The lowest BCUT2D eigenvalue weighted by Crippen LogP contribution is -2.28. The van der Waals surface area contributed by atoms with Crippen LogP contribution in [0.15, 0.2) is 0 Å². The van der Waals surface area contributed by atoms with Crippen molar-refractivity contribution in [2.24, 2.45) is 11.7 Å². The lowest BCUT2D eigenvalue weighted by atomic mass is 10.3. The monoisotopic (exact) mass is 191 g/mol. The van der Waals surface area contributed by atoms with Gasteiger partial charge in [-0.15, -0.1) is 23.5 Å². The van der Waals surface area contributed by atoms with Gasteiger partial charge in [0, 0.05) is 6.42 Å². The molecule has 0 aliphatic carbocycles. The van der Waals surface area contributed by atoms with Gasteiger partial charge in [-0.1, -0.05) is 13.8 Å². The molecule has 0 aromatic heterocycles. The van der Waals surface area contributed by atoms with Crippen LogP contribution < -0.4 is 5.73 Å². The molecule has 1 aliphatic rings. The van der Waals surface area contributed by atoms with E-state index in [1.807, 2.05) is 23.5 Å². The van der Waals surface area contributed by atoms with Gasteiger partial charge in [-0.05, 0) is 5.92 Å². The maximum atomic E-state index is 10.5. The zero-order valence-electron chi connectivity index (χ0n) is 6.74. The first kappa shape index (κ1) is 9.26. The number of hydrogen-bond acceptors (Lipinski definition) is 3. The highest BCUT2D eigenvalue weighted by molar-refractivity contribution is 8.33. The van der Waals surface area contributed by atoms with Gasteiger partial charge in [0.2, 0.25) is 5.91 Å². The van der Waals surface area contributed by atoms with Crippen LogP contribution in [0.3, 0.4) is 0 Å². The fourth-order valence-corrected chi connectivity index (χ4v) is 3.84. The molecule has 0 bridgehead atoms. The molecule has 0 radical (unpaired) electrons. The summed E-state index contributed by atoms with van der Waals surface area (Å²) in [7, 11) is 0. The molecule has 0 aromatic carbocycles. The standard InChI is InChI=1S/C7H13NOS2/c1-4(2)7-10-6(11-7)3-5(8)9/h4,6-7H,3H2,1-2H3,(H2,8,9). The Labute approximate surface area is 75.7 Å². The van der Waals surface area contributed by atoms with E-state index in [1.165, 1.54) is 0 Å². The summed E-state index contributed by atoms with van der Waals surface area (Å²) in [5.41, 5.74) is 5.06. The Morgan fingerprint density at radius 2 is 2.09 bits per heavy atom. The average molecular weight is 191 g/mol. The molecule has 0 atom stereocenters. The Hall–Kier alpha value is 0.170. The predicted octanol–water partition coefficient (Wildman–Crippen LogP) is 1.65. The van der Waals surface area contributed by atoms with Crippen molar-refractivity contribution < 1.29 is 4.79 Å². The fourth-order valence-electron chi connectivity index (χ4n) is 0.884. The first-order chi connectivity index (χ1) is 5.09. The molecule has 1 rings (SSSR count). The van der Waals surface area contributed by atoms with E-state index in [2.05, 4.69) is 13.8 Å². The van der Waals surface area contributed by atoms with Crippen LogP contribution in [0.25, 0.3) is 0 Å². The van der Waals surface area contributed by atoms with E-state index in [0.717, 1.165) is 0 Å². The SMILES string of the molecule is CC(C)C1SC(CC(N)=O)S1. The highest BCUT2D eigenvalue weighted by atomic mass is 32.3. The summed E-state index contributed by atoms with van der Waals surface area (Å²) in [4.78, 5) is 10.5. The maximum Gasteiger partial charge on any atom is 0.219 e. The third-order valence-electron chi connectivity index (χ3n) is 1.48. The Kier molecular flexibility index (Phi) is 3.13. The van der Waals surface area contributed by atoms with E-state index < -0.39 is 0 Å². The summed E-state index contributed by atoms with van der Waals surface area (Å²) >= 11 is 3.74. The van der Waals surface area contributed by atoms with Crippen LogP contribution in [-0.4, -0.2) is 15.1 Å². The molecule has 0 unspecified atom stereocenters. The van der Waals surface area contributed by atoms with Gasteiger partial charge in [-0.3, -0.25) is 4.79 Å². The smallest absolute Gasteiger partial charge is 0.219 e. The molecule has 1 aliphatic heterocycles. The van der Waals surface area contributed by atoms with Gasteiger partial charge < -0.3 is 5.73 Å². The second-order valence-electron chi connectivity index (χ2n) is 2.98. The summed E-state index contributed by atoms with van der Waals surface area (Å²) < 4.78 is 1.11. The zero-order valence-corrected chi connectivity index (χ0v) is 8.37. The average Bonchev–Trinajstić information content (AvgIpc) is 1.75. The molecule has 2 nitrogen and oxygen atoms in total. The minimum atomic E-state index is -0.183. The van der Waals surface area contributed by atoms with Crippen molar-refractivity contribution in [1.29, 1.82) is 0 Å². The van der Waals surface area contributed by atoms with Crippen molar-refractivity contribution in [2.75, 3.05) is 0 Å². The molecule has 1 saturated heterocycles. The van der Waals surface area contributed by atoms with E-state index in [1.54, 1.807) is 0 Å². The van der Waals surface area contributed by atoms with E-state index in [4.69, 9.17) is 5.73 Å². The normalized spacial score (nSPS) is 30.1. The molecule has 2 N–H and O–H groups in total. The van der Waals surface area contributed by atoms with Crippen molar-refractivity contribution in [3.63, 3.8) is 0 Å². The number of amides is 1. The van der Waals surface area contributed by atoms with Gasteiger partial charge in [-0.25, -0.2) is 0 Å². The molecule has 0 aromatic rings. The summed E-state index contributed by atoms with van der Waals surface area (Å²) in [5.74, 6) is 0.520. The van der Waals surface area contributed by atoms with Gasteiger partial charge in [0.15, 0.2) is 0 Å². The minimum Gasteiger partial charge on any atom is -0.370 e. The molecular formula is C7H13NOS2. The first-order valence-electron chi connectivity index (χ1n) is 3.69. The van der Waals surface area contributed by atoms with E-state index >= 15 is 0 Å². The second kappa shape index (κ2) is 3.72.